The van der Waals surface area contributed by atoms with Gasteiger partial charge in [-0.05, 0) is 25.1 Å². The van der Waals surface area contributed by atoms with Crippen LogP contribution in [-0.2, 0) is 0 Å². The number of benzene rings is 1. The van der Waals surface area contributed by atoms with Crippen molar-refractivity contribution in [3.05, 3.63) is 44.3 Å². The molecule has 2 rings (SSSR count). The van der Waals surface area contributed by atoms with Crippen LogP contribution in [0.5, 0.6) is 11.6 Å². The highest BCUT2D eigenvalue weighted by molar-refractivity contribution is 9.10. The summed E-state index contributed by atoms with van der Waals surface area (Å²) in [6.45, 7) is 1.39. The molecular weight excluding hydrogens is 335 g/mol. The Kier molecular flexibility index (Phi) is 3.79. The summed E-state index contributed by atoms with van der Waals surface area (Å²) in [5.74, 6) is -1.49. The smallest absolute Gasteiger partial charge is 0.352 e. The molecule has 0 amide bonds. The molecule has 2 aromatic rings. The minimum atomic E-state index is -0.707. The fourth-order valence-electron chi connectivity index (χ4n) is 1.51. The van der Waals surface area contributed by atoms with Gasteiger partial charge in [0.1, 0.15) is 5.69 Å². The molecule has 104 valence electrons. The molecular formula is C11H8BrFN4O3. The zero-order valence-corrected chi connectivity index (χ0v) is 11.7. The highest BCUT2D eigenvalue weighted by Crippen LogP contribution is 2.33. The van der Waals surface area contributed by atoms with Gasteiger partial charge in [-0.1, -0.05) is 15.9 Å². The second kappa shape index (κ2) is 5.37. The van der Waals surface area contributed by atoms with Crippen molar-refractivity contribution in [1.29, 1.82) is 0 Å². The molecule has 0 bridgehead atoms. The quantitative estimate of drug-likeness (QED) is 0.679. The molecule has 1 aromatic carbocycles. The van der Waals surface area contributed by atoms with E-state index in [4.69, 9.17) is 10.5 Å². The van der Waals surface area contributed by atoms with Crippen LogP contribution in [0.4, 0.5) is 16.0 Å². The molecule has 1 aromatic heterocycles. The Morgan fingerprint density at radius 3 is 2.75 bits per heavy atom. The Labute approximate surface area is 120 Å². The van der Waals surface area contributed by atoms with E-state index in [0.29, 0.717) is 4.47 Å². The van der Waals surface area contributed by atoms with Crippen LogP contribution in [0.15, 0.2) is 22.7 Å². The van der Waals surface area contributed by atoms with E-state index in [1.807, 2.05) is 0 Å². The first-order valence-electron chi connectivity index (χ1n) is 5.30. The molecule has 0 saturated carbocycles. The van der Waals surface area contributed by atoms with Crippen molar-refractivity contribution >= 4 is 27.6 Å². The predicted octanol–water partition coefficient (Wildman–Crippen LogP) is 2.97. The molecule has 1 heterocycles. The van der Waals surface area contributed by atoms with Crippen LogP contribution in [0.1, 0.15) is 5.69 Å². The summed E-state index contributed by atoms with van der Waals surface area (Å²) in [6.07, 6.45) is 0. The molecule has 0 aliphatic carbocycles. The number of hydrogen-bond acceptors (Lipinski definition) is 6. The molecule has 0 saturated heterocycles. The summed E-state index contributed by atoms with van der Waals surface area (Å²) in [5, 5.41) is 11.0. The van der Waals surface area contributed by atoms with Crippen LogP contribution in [-0.4, -0.2) is 14.9 Å². The fraction of sp³-hybridized carbons (Fsp3) is 0.0909. The van der Waals surface area contributed by atoms with Crippen molar-refractivity contribution < 1.29 is 14.1 Å². The maximum atomic E-state index is 13.7. The van der Waals surface area contributed by atoms with Crippen molar-refractivity contribution in [3.63, 3.8) is 0 Å². The Bertz CT molecular complexity index is 696. The highest BCUT2D eigenvalue weighted by Gasteiger charge is 2.24. The molecule has 0 spiro atoms. The number of aromatic nitrogens is 2. The van der Waals surface area contributed by atoms with Crippen LogP contribution >= 0.6 is 15.9 Å². The summed E-state index contributed by atoms with van der Waals surface area (Å²) in [7, 11) is 0. The third-order valence-corrected chi connectivity index (χ3v) is 2.82. The number of aryl methyl sites for hydroxylation is 1. The lowest BCUT2D eigenvalue weighted by Gasteiger charge is -2.08. The van der Waals surface area contributed by atoms with Gasteiger partial charge >= 0.3 is 11.6 Å². The van der Waals surface area contributed by atoms with E-state index in [9.17, 15) is 14.5 Å². The van der Waals surface area contributed by atoms with Gasteiger partial charge in [-0.2, -0.15) is 4.98 Å². The minimum absolute atomic E-state index is 0.0371. The van der Waals surface area contributed by atoms with E-state index in [1.54, 1.807) is 0 Å². The van der Waals surface area contributed by atoms with Crippen molar-refractivity contribution in [1.82, 2.24) is 9.97 Å². The molecule has 2 N–H and O–H groups in total. The Balaban J connectivity index is 2.50. The van der Waals surface area contributed by atoms with Gasteiger partial charge in [0.15, 0.2) is 11.6 Å². The first-order valence-corrected chi connectivity index (χ1v) is 6.09. The summed E-state index contributed by atoms with van der Waals surface area (Å²) in [6, 6.07) is 4.01. The summed E-state index contributed by atoms with van der Waals surface area (Å²) < 4.78 is 19.3. The van der Waals surface area contributed by atoms with Crippen LogP contribution in [0, 0.1) is 22.9 Å². The number of nitrogens with zero attached hydrogens (tertiary/aromatic N) is 3. The van der Waals surface area contributed by atoms with E-state index in [2.05, 4.69) is 25.9 Å². The Hall–Kier alpha value is -2.29. The first kappa shape index (κ1) is 14.1. The standard InChI is InChI=1S/C11H8BrFN4O3/c1-5-9(17(18)19)10(16-11(14)15-5)20-8-3-2-6(12)4-7(8)13/h2-4H,1H3,(H2,14,15,16). The monoisotopic (exact) mass is 342 g/mol. The topological polar surface area (TPSA) is 104 Å². The number of rotatable bonds is 3. The van der Waals surface area contributed by atoms with E-state index in [0.717, 1.165) is 0 Å². The van der Waals surface area contributed by atoms with Crippen LogP contribution in [0.3, 0.4) is 0 Å². The van der Waals surface area contributed by atoms with Gasteiger partial charge < -0.3 is 10.5 Å². The number of hydrogen-bond donors (Lipinski definition) is 1. The van der Waals surface area contributed by atoms with Gasteiger partial charge in [-0.15, -0.1) is 0 Å². The van der Waals surface area contributed by atoms with Crippen LogP contribution in [0.25, 0.3) is 0 Å². The number of nitrogens with two attached hydrogens (primary N) is 1. The maximum absolute atomic E-state index is 13.7. The van der Waals surface area contributed by atoms with Gasteiger partial charge in [-0.25, -0.2) is 9.37 Å². The average Bonchev–Trinajstić information content (AvgIpc) is 2.31. The Morgan fingerprint density at radius 2 is 2.15 bits per heavy atom. The number of ether oxygens (including phenoxy) is 1. The second-order valence-electron chi connectivity index (χ2n) is 3.75. The van der Waals surface area contributed by atoms with Crippen molar-refractivity contribution in [2.24, 2.45) is 0 Å². The van der Waals surface area contributed by atoms with Crippen LogP contribution < -0.4 is 10.5 Å². The molecule has 9 heteroatoms. The summed E-state index contributed by atoms with van der Waals surface area (Å²) >= 11 is 3.09. The number of nitrogen functional groups attached to an aromatic ring is 1. The third kappa shape index (κ3) is 2.82. The zero-order chi connectivity index (χ0) is 14.9. The lowest BCUT2D eigenvalue weighted by molar-refractivity contribution is -0.386. The molecule has 0 aliphatic heterocycles. The lowest BCUT2D eigenvalue weighted by Crippen LogP contribution is -2.05. The number of halogens is 2. The molecule has 0 radical (unpaired) electrons. The van der Waals surface area contributed by atoms with Crippen molar-refractivity contribution in [3.8, 4) is 11.6 Å². The predicted molar refractivity (Wildman–Crippen MR) is 72.0 cm³/mol. The molecule has 0 aliphatic rings. The van der Waals surface area contributed by atoms with E-state index >= 15 is 0 Å². The molecule has 20 heavy (non-hydrogen) atoms. The van der Waals surface area contributed by atoms with Crippen molar-refractivity contribution in [2.45, 2.75) is 6.92 Å². The van der Waals surface area contributed by atoms with Gasteiger partial charge in [-0.3, -0.25) is 10.1 Å². The minimum Gasteiger partial charge on any atom is -0.430 e. The summed E-state index contributed by atoms with van der Waals surface area (Å²) in [5.41, 5.74) is 5.00. The second-order valence-corrected chi connectivity index (χ2v) is 4.67. The van der Waals surface area contributed by atoms with Gasteiger partial charge in [0.2, 0.25) is 5.95 Å². The SMILES string of the molecule is Cc1nc(N)nc(Oc2ccc(Br)cc2F)c1[N+](=O)[O-]. The van der Waals surface area contributed by atoms with Gasteiger partial charge in [0.25, 0.3) is 0 Å². The molecule has 7 nitrogen and oxygen atoms in total. The average molecular weight is 343 g/mol. The van der Waals surface area contributed by atoms with Gasteiger partial charge in [0.05, 0.1) is 4.92 Å². The van der Waals surface area contributed by atoms with E-state index in [1.165, 1.54) is 25.1 Å². The Morgan fingerprint density at radius 1 is 1.45 bits per heavy atom. The first-order chi connectivity index (χ1) is 9.38. The van der Waals surface area contributed by atoms with Crippen molar-refractivity contribution in [2.75, 3.05) is 5.73 Å². The summed E-state index contributed by atoms with van der Waals surface area (Å²) in [4.78, 5) is 17.6. The lowest BCUT2D eigenvalue weighted by atomic mass is 10.3. The third-order valence-electron chi connectivity index (χ3n) is 2.33. The molecule has 0 fully saturated rings. The van der Waals surface area contributed by atoms with Gasteiger partial charge in [0, 0.05) is 4.47 Å². The fourth-order valence-corrected chi connectivity index (χ4v) is 1.84. The number of anilines is 1. The maximum Gasteiger partial charge on any atom is 0.352 e. The van der Waals surface area contributed by atoms with E-state index in [-0.39, 0.29) is 17.4 Å². The molecule has 0 unspecified atom stereocenters. The zero-order valence-electron chi connectivity index (χ0n) is 10.1. The number of nitro groups is 1. The van der Waals surface area contributed by atoms with Crippen LogP contribution in [0.2, 0.25) is 0 Å². The highest BCUT2D eigenvalue weighted by atomic mass is 79.9. The van der Waals surface area contributed by atoms with E-state index < -0.39 is 22.3 Å². The normalized spacial score (nSPS) is 10.3. The largest absolute Gasteiger partial charge is 0.430 e. The molecule has 0 atom stereocenters.